The van der Waals surface area contributed by atoms with Gasteiger partial charge in [0, 0.05) is 29.8 Å². The summed E-state index contributed by atoms with van der Waals surface area (Å²) in [5.41, 5.74) is 4.00. The average Bonchev–Trinajstić information content (AvgIpc) is 2.92. The van der Waals surface area contributed by atoms with Gasteiger partial charge in [0.2, 0.25) is 0 Å². The van der Waals surface area contributed by atoms with E-state index >= 15 is 0 Å². The number of amides is 1. The standard InChI is InChI=1S/C22H17ClN2O3/c1-15-6-10-17(11-7-15)22(23)20-5-3-2-4-19(20)21(26)24(22)14-16-8-12-18(13-9-16)25(27)28/h2-13H,14H2,1H3. The van der Waals surface area contributed by atoms with Gasteiger partial charge in [0.05, 0.1) is 4.92 Å². The number of hydrogen-bond donors (Lipinski definition) is 0. The fourth-order valence-electron chi connectivity index (χ4n) is 3.56. The van der Waals surface area contributed by atoms with Gasteiger partial charge in [-0.15, -0.1) is 0 Å². The van der Waals surface area contributed by atoms with E-state index in [0.29, 0.717) is 5.56 Å². The number of carbonyl (C=O) groups is 1. The number of nitro groups is 1. The van der Waals surface area contributed by atoms with Crippen molar-refractivity contribution in [2.24, 2.45) is 0 Å². The van der Waals surface area contributed by atoms with Crippen LogP contribution >= 0.6 is 11.6 Å². The van der Waals surface area contributed by atoms with E-state index in [2.05, 4.69) is 0 Å². The summed E-state index contributed by atoms with van der Waals surface area (Å²) in [5, 5.41) is 10.9. The number of fused-ring (bicyclic) bond motifs is 1. The van der Waals surface area contributed by atoms with E-state index in [-0.39, 0.29) is 18.1 Å². The van der Waals surface area contributed by atoms with Gasteiger partial charge in [0.1, 0.15) is 0 Å². The average molecular weight is 393 g/mol. The maximum absolute atomic E-state index is 13.2. The quantitative estimate of drug-likeness (QED) is 0.271. The molecule has 3 aromatic carbocycles. The van der Waals surface area contributed by atoms with Crippen LogP contribution in [0.1, 0.15) is 32.6 Å². The smallest absolute Gasteiger partial charge is 0.269 e. The van der Waals surface area contributed by atoms with Crippen LogP contribution in [-0.2, 0) is 11.5 Å². The summed E-state index contributed by atoms with van der Waals surface area (Å²) in [4.78, 5) is 24.1. The highest BCUT2D eigenvalue weighted by Crippen LogP contribution is 2.48. The van der Waals surface area contributed by atoms with Gasteiger partial charge in [-0.2, -0.15) is 0 Å². The Labute approximate surface area is 167 Å². The van der Waals surface area contributed by atoms with Gasteiger partial charge >= 0.3 is 0 Å². The summed E-state index contributed by atoms with van der Waals surface area (Å²) < 4.78 is 0. The third-order valence-electron chi connectivity index (χ3n) is 5.05. The molecule has 1 heterocycles. The second-order valence-electron chi connectivity index (χ2n) is 6.85. The van der Waals surface area contributed by atoms with Crippen LogP contribution in [0.15, 0.2) is 72.8 Å². The van der Waals surface area contributed by atoms with Gasteiger partial charge < -0.3 is 4.90 Å². The van der Waals surface area contributed by atoms with Gasteiger partial charge in [-0.25, -0.2) is 0 Å². The molecule has 3 aromatic rings. The lowest BCUT2D eigenvalue weighted by Crippen LogP contribution is -2.39. The summed E-state index contributed by atoms with van der Waals surface area (Å²) in [7, 11) is 0. The third-order valence-corrected chi connectivity index (χ3v) is 5.68. The maximum Gasteiger partial charge on any atom is 0.269 e. The molecule has 0 bridgehead atoms. The molecule has 4 rings (SSSR count). The first-order valence-electron chi connectivity index (χ1n) is 8.82. The Morgan fingerprint density at radius 1 is 1.00 bits per heavy atom. The summed E-state index contributed by atoms with van der Waals surface area (Å²) in [5.74, 6) is -0.162. The molecule has 0 fully saturated rings. The molecule has 0 spiro atoms. The number of alkyl halides is 1. The summed E-state index contributed by atoms with van der Waals surface area (Å²) in [6, 6.07) is 21.3. The van der Waals surface area contributed by atoms with Gasteiger partial charge in [-0.3, -0.25) is 14.9 Å². The molecular weight excluding hydrogens is 376 g/mol. The van der Waals surface area contributed by atoms with E-state index in [1.54, 1.807) is 23.1 Å². The van der Waals surface area contributed by atoms with Gasteiger partial charge in [0.15, 0.2) is 5.00 Å². The number of non-ortho nitro benzene ring substituents is 1. The second kappa shape index (κ2) is 6.77. The number of rotatable bonds is 4. The molecular formula is C22H17ClN2O3. The van der Waals surface area contributed by atoms with E-state index in [1.807, 2.05) is 49.4 Å². The monoisotopic (exact) mass is 392 g/mol. The van der Waals surface area contributed by atoms with E-state index in [4.69, 9.17) is 11.6 Å². The number of aryl methyl sites for hydroxylation is 1. The van der Waals surface area contributed by atoms with Gasteiger partial charge in [-0.05, 0) is 24.1 Å². The highest BCUT2D eigenvalue weighted by Gasteiger charge is 2.49. The number of carbonyl (C=O) groups excluding carboxylic acids is 1. The Morgan fingerprint density at radius 2 is 1.64 bits per heavy atom. The number of nitro benzene ring substituents is 1. The molecule has 5 nitrogen and oxygen atoms in total. The fraction of sp³-hybridized carbons (Fsp3) is 0.136. The van der Waals surface area contributed by atoms with Crippen molar-refractivity contribution in [3.63, 3.8) is 0 Å². The SMILES string of the molecule is Cc1ccc(C2(Cl)c3ccccc3C(=O)N2Cc2ccc([N+](=O)[O-])cc2)cc1. The van der Waals surface area contributed by atoms with Crippen LogP contribution in [0.25, 0.3) is 0 Å². The van der Waals surface area contributed by atoms with Crippen LogP contribution < -0.4 is 0 Å². The van der Waals surface area contributed by atoms with E-state index in [9.17, 15) is 14.9 Å². The lowest BCUT2D eigenvalue weighted by Gasteiger charge is -2.34. The topological polar surface area (TPSA) is 63.5 Å². The maximum atomic E-state index is 13.2. The Balaban J connectivity index is 1.79. The van der Waals surface area contributed by atoms with Crippen molar-refractivity contribution < 1.29 is 9.72 Å². The highest BCUT2D eigenvalue weighted by molar-refractivity contribution is 6.29. The minimum absolute atomic E-state index is 0.00968. The molecule has 0 radical (unpaired) electrons. The van der Waals surface area contributed by atoms with Crippen molar-refractivity contribution >= 4 is 23.2 Å². The zero-order valence-corrected chi connectivity index (χ0v) is 15.9. The summed E-state index contributed by atoms with van der Waals surface area (Å²) in [6.45, 7) is 2.23. The minimum Gasteiger partial charge on any atom is -0.307 e. The lowest BCUT2D eigenvalue weighted by atomic mass is 9.96. The summed E-state index contributed by atoms with van der Waals surface area (Å²) >= 11 is 7.17. The van der Waals surface area contributed by atoms with Crippen LogP contribution in [0.3, 0.4) is 0 Å². The zero-order valence-electron chi connectivity index (χ0n) is 15.1. The largest absolute Gasteiger partial charge is 0.307 e. The van der Waals surface area contributed by atoms with Crippen molar-refractivity contribution in [2.45, 2.75) is 18.5 Å². The predicted molar refractivity (Wildman–Crippen MR) is 107 cm³/mol. The molecule has 0 saturated carbocycles. The van der Waals surface area contributed by atoms with E-state index < -0.39 is 9.92 Å². The molecule has 140 valence electrons. The van der Waals surface area contributed by atoms with Crippen LogP contribution in [0.4, 0.5) is 5.69 Å². The van der Waals surface area contributed by atoms with Crippen molar-refractivity contribution in [1.29, 1.82) is 0 Å². The Bertz CT molecular complexity index is 1060. The number of hydrogen-bond acceptors (Lipinski definition) is 3. The van der Waals surface area contributed by atoms with Gasteiger partial charge in [-0.1, -0.05) is 71.8 Å². The fourth-order valence-corrected chi connectivity index (χ4v) is 3.99. The molecule has 0 N–H and O–H groups in total. The predicted octanol–water partition coefficient (Wildman–Crippen LogP) is 5.00. The minimum atomic E-state index is -1.14. The van der Waals surface area contributed by atoms with Crippen molar-refractivity contribution in [1.82, 2.24) is 4.90 Å². The second-order valence-corrected chi connectivity index (χ2v) is 7.40. The molecule has 1 amide bonds. The molecule has 0 aromatic heterocycles. The third kappa shape index (κ3) is 2.84. The first-order valence-corrected chi connectivity index (χ1v) is 9.20. The van der Waals surface area contributed by atoms with Crippen LogP contribution in [0.5, 0.6) is 0 Å². The zero-order chi connectivity index (χ0) is 19.9. The van der Waals surface area contributed by atoms with Crippen molar-refractivity contribution in [2.75, 3.05) is 0 Å². The molecule has 1 unspecified atom stereocenters. The van der Waals surface area contributed by atoms with Crippen molar-refractivity contribution in [3.8, 4) is 0 Å². The Hall–Kier alpha value is -3.18. The Morgan fingerprint density at radius 3 is 2.29 bits per heavy atom. The molecule has 0 saturated heterocycles. The first kappa shape index (κ1) is 18.2. The highest BCUT2D eigenvalue weighted by atomic mass is 35.5. The van der Waals surface area contributed by atoms with Gasteiger partial charge in [0.25, 0.3) is 11.6 Å². The summed E-state index contributed by atoms with van der Waals surface area (Å²) in [6.07, 6.45) is 0. The van der Waals surface area contributed by atoms with Crippen LogP contribution in [0.2, 0.25) is 0 Å². The molecule has 1 aliphatic rings. The molecule has 1 atom stereocenters. The van der Waals surface area contributed by atoms with E-state index in [1.165, 1.54) is 12.1 Å². The number of nitrogens with zero attached hydrogens (tertiary/aromatic N) is 2. The van der Waals surface area contributed by atoms with Crippen molar-refractivity contribution in [3.05, 3.63) is 111 Å². The van der Waals surface area contributed by atoms with E-state index in [0.717, 1.165) is 22.3 Å². The normalized spacial score (nSPS) is 18.2. The first-order chi connectivity index (χ1) is 13.4. The number of benzene rings is 3. The number of halogens is 1. The molecule has 28 heavy (non-hydrogen) atoms. The van der Waals surface area contributed by atoms with Crippen LogP contribution in [0, 0.1) is 17.0 Å². The molecule has 0 aliphatic carbocycles. The molecule has 6 heteroatoms. The Kier molecular flexibility index (Phi) is 4.40. The van der Waals surface area contributed by atoms with Crippen LogP contribution in [-0.4, -0.2) is 15.7 Å². The lowest BCUT2D eigenvalue weighted by molar-refractivity contribution is -0.384. The molecule has 1 aliphatic heterocycles.